The Bertz CT molecular complexity index is 2030. The standard InChI is InChI=1S/C28H21N3O5S.C2HF3O2/c29-27(30)21-6-5-20-14-23(10-7-19(20)13-21)36-26-12-9-22(16-25(26)28(32)33)31-37(34,35)24-11-8-17-3-1-2-4-18(17)15-24;3-2(4,5)1(6)7/h1-16,31H,(H3,29,30)(H,32,33);(H,6,7). The lowest BCUT2D eigenvalue weighted by Gasteiger charge is -2.13. The van der Waals surface area contributed by atoms with Gasteiger partial charge in [0, 0.05) is 11.3 Å². The number of aliphatic carboxylic acids is 1. The molecule has 0 aliphatic rings. The average molecular weight is 626 g/mol. The van der Waals surface area contributed by atoms with E-state index in [4.69, 9.17) is 25.8 Å². The molecule has 0 spiro atoms. The first-order valence-corrected chi connectivity index (χ1v) is 13.9. The van der Waals surface area contributed by atoms with Crippen LogP contribution in [0.15, 0.2) is 102 Å². The minimum Gasteiger partial charge on any atom is -0.478 e. The van der Waals surface area contributed by atoms with E-state index < -0.39 is 28.1 Å². The zero-order valence-corrected chi connectivity index (χ0v) is 23.1. The number of anilines is 1. The molecule has 5 aromatic rings. The van der Waals surface area contributed by atoms with Crippen molar-refractivity contribution < 1.29 is 46.1 Å². The van der Waals surface area contributed by atoms with Gasteiger partial charge < -0.3 is 20.7 Å². The van der Waals surface area contributed by atoms with Crippen molar-refractivity contribution >= 4 is 55.0 Å². The molecule has 0 amide bonds. The third kappa shape index (κ3) is 7.41. The number of sulfonamides is 1. The van der Waals surface area contributed by atoms with E-state index in [1.807, 2.05) is 24.3 Å². The minimum absolute atomic E-state index is 0.0374. The van der Waals surface area contributed by atoms with Gasteiger partial charge in [0.05, 0.1) is 4.90 Å². The van der Waals surface area contributed by atoms with Crippen LogP contribution in [0.4, 0.5) is 18.9 Å². The van der Waals surface area contributed by atoms with Crippen LogP contribution in [-0.4, -0.2) is 42.6 Å². The normalized spacial score (nSPS) is 11.3. The van der Waals surface area contributed by atoms with Crippen molar-refractivity contribution in [2.75, 3.05) is 4.72 Å². The topological polar surface area (TPSA) is 180 Å². The number of alkyl halides is 3. The third-order valence-corrected chi connectivity index (χ3v) is 7.47. The fourth-order valence-corrected chi connectivity index (χ4v) is 5.06. The van der Waals surface area contributed by atoms with Gasteiger partial charge in [0.1, 0.15) is 22.9 Å². The number of carbonyl (C=O) groups is 2. The number of carboxylic acid groups (broad SMARTS) is 2. The summed E-state index contributed by atoms with van der Waals surface area (Å²) in [6, 6.07) is 26.7. The van der Waals surface area contributed by atoms with Crippen LogP contribution in [0.1, 0.15) is 15.9 Å². The molecule has 0 atom stereocenters. The minimum atomic E-state index is -5.08. The number of rotatable bonds is 7. The Kier molecular flexibility index (Phi) is 8.76. The number of halogens is 3. The summed E-state index contributed by atoms with van der Waals surface area (Å²) in [5, 5.41) is 27.8. The van der Waals surface area contributed by atoms with Gasteiger partial charge in [-0.2, -0.15) is 13.2 Å². The Balaban J connectivity index is 0.000000566. The number of carboxylic acids is 2. The summed E-state index contributed by atoms with van der Waals surface area (Å²) in [6.07, 6.45) is -5.08. The van der Waals surface area contributed by atoms with Crippen LogP contribution in [0.25, 0.3) is 21.5 Å². The molecule has 0 aliphatic heterocycles. The zero-order chi connectivity index (χ0) is 32.2. The lowest BCUT2D eigenvalue weighted by atomic mass is 10.1. The highest BCUT2D eigenvalue weighted by Gasteiger charge is 2.38. The summed E-state index contributed by atoms with van der Waals surface area (Å²) in [5.41, 5.74) is 6.03. The largest absolute Gasteiger partial charge is 0.490 e. The van der Waals surface area contributed by atoms with Crippen molar-refractivity contribution in [2.45, 2.75) is 11.1 Å². The molecule has 6 N–H and O–H groups in total. The van der Waals surface area contributed by atoms with Gasteiger partial charge in [-0.15, -0.1) is 0 Å². The van der Waals surface area contributed by atoms with Gasteiger partial charge in [-0.1, -0.05) is 48.5 Å². The molecule has 5 rings (SSSR count). The molecular weight excluding hydrogens is 603 g/mol. The van der Waals surface area contributed by atoms with Crippen molar-refractivity contribution in [1.82, 2.24) is 0 Å². The average Bonchev–Trinajstić information content (AvgIpc) is 2.97. The fourth-order valence-electron chi connectivity index (χ4n) is 3.98. The summed E-state index contributed by atoms with van der Waals surface area (Å²) in [7, 11) is -3.96. The third-order valence-electron chi connectivity index (χ3n) is 6.09. The van der Waals surface area contributed by atoms with Crippen LogP contribution in [0, 0.1) is 5.41 Å². The van der Waals surface area contributed by atoms with Gasteiger partial charge >= 0.3 is 18.1 Å². The van der Waals surface area contributed by atoms with Gasteiger partial charge in [-0.05, 0) is 70.1 Å². The van der Waals surface area contributed by atoms with Crippen molar-refractivity contribution in [1.29, 1.82) is 5.41 Å². The second-order valence-electron chi connectivity index (χ2n) is 9.17. The van der Waals surface area contributed by atoms with E-state index >= 15 is 0 Å². The second-order valence-corrected chi connectivity index (χ2v) is 10.9. The van der Waals surface area contributed by atoms with E-state index in [0.717, 1.165) is 21.5 Å². The summed E-state index contributed by atoms with van der Waals surface area (Å²) in [5.74, 6) is -3.61. The van der Waals surface area contributed by atoms with Gasteiger partial charge in [0.2, 0.25) is 0 Å². The first kappa shape index (κ1) is 31.3. The molecule has 0 bridgehead atoms. The van der Waals surface area contributed by atoms with E-state index in [1.165, 1.54) is 24.3 Å². The molecule has 0 saturated heterocycles. The van der Waals surface area contributed by atoms with Crippen LogP contribution in [0.3, 0.4) is 0 Å². The lowest BCUT2D eigenvalue weighted by molar-refractivity contribution is -0.192. The molecule has 226 valence electrons. The molecule has 0 saturated carbocycles. The molecule has 0 heterocycles. The number of nitrogen functional groups attached to an aromatic ring is 1. The monoisotopic (exact) mass is 625 g/mol. The number of aromatic carboxylic acids is 1. The van der Waals surface area contributed by atoms with E-state index in [1.54, 1.807) is 48.5 Å². The van der Waals surface area contributed by atoms with E-state index in [0.29, 0.717) is 11.3 Å². The predicted octanol–water partition coefficient (Wildman–Crippen LogP) is 6.20. The number of fused-ring (bicyclic) bond motifs is 2. The molecular formula is C30H22F3N3O7S. The fraction of sp³-hybridized carbons (Fsp3) is 0.0333. The molecule has 14 heteroatoms. The highest BCUT2D eigenvalue weighted by Crippen LogP contribution is 2.31. The molecule has 0 aliphatic carbocycles. The summed E-state index contributed by atoms with van der Waals surface area (Å²) in [6.45, 7) is 0. The maximum atomic E-state index is 13.0. The number of nitrogens with two attached hydrogens (primary N) is 1. The van der Waals surface area contributed by atoms with E-state index in [9.17, 15) is 31.5 Å². The van der Waals surface area contributed by atoms with Crippen LogP contribution in [0.5, 0.6) is 11.5 Å². The molecule has 0 unspecified atom stereocenters. The molecule has 44 heavy (non-hydrogen) atoms. The maximum Gasteiger partial charge on any atom is 0.490 e. The maximum absolute atomic E-state index is 13.0. The predicted molar refractivity (Wildman–Crippen MR) is 157 cm³/mol. The molecule has 5 aromatic carbocycles. The number of nitrogens with one attached hydrogen (secondary N) is 2. The van der Waals surface area contributed by atoms with Crippen molar-refractivity contribution in [3.8, 4) is 11.5 Å². The summed E-state index contributed by atoms with van der Waals surface area (Å²) in [4.78, 5) is 20.9. The Labute approximate surface area is 247 Å². The lowest BCUT2D eigenvalue weighted by Crippen LogP contribution is -2.21. The summed E-state index contributed by atoms with van der Waals surface area (Å²) >= 11 is 0. The van der Waals surface area contributed by atoms with Crippen LogP contribution >= 0.6 is 0 Å². The molecule has 0 aromatic heterocycles. The van der Waals surface area contributed by atoms with Crippen molar-refractivity contribution in [3.63, 3.8) is 0 Å². The molecule has 0 fully saturated rings. The number of amidine groups is 1. The first-order valence-electron chi connectivity index (χ1n) is 12.4. The Hall–Kier alpha value is -5.63. The highest BCUT2D eigenvalue weighted by atomic mass is 32.2. The Morgan fingerprint density at radius 2 is 1.39 bits per heavy atom. The smallest absolute Gasteiger partial charge is 0.478 e. The van der Waals surface area contributed by atoms with E-state index in [2.05, 4.69) is 4.72 Å². The number of hydrogen-bond donors (Lipinski definition) is 5. The number of ether oxygens (including phenoxy) is 1. The number of benzene rings is 5. The molecule has 10 nitrogen and oxygen atoms in total. The van der Waals surface area contributed by atoms with Gasteiger partial charge in [-0.25, -0.2) is 18.0 Å². The van der Waals surface area contributed by atoms with Gasteiger partial charge in [-0.3, -0.25) is 10.1 Å². The highest BCUT2D eigenvalue weighted by molar-refractivity contribution is 7.92. The molecule has 0 radical (unpaired) electrons. The van der Waals surface area contributed by atoms with Crippen LogP contribution in [0.2, 0.25) is 0 Å². The summed E-state index contributed by atoms with van der Waals surface area (Å²) < 4.78 is 66.0. The van der Waals surface area contributed by atoms with Crippen LogP contribution in [-0.2, 0) is 14.8 Å². The van der Waals surface area contributed by atoms with Crippen molar-refractivity contribution in [3.05, 3.63) is 108 Å². The first-order chi connectivity index (χ1) is 20.6. The Morgan fingerprint density at radius 3 is 2.02 bits per heavy atom. The number of hydrogen-bond acceptors (Lipinski definition) is 6. The van der Waals surface area contributed by atoms with E-state index in [-0.39, 0.29) is 27.7 Å². The quantitative estimate of drug-likeness (QED) is 0.105. The Morgan fingerprint density at radius 1 is 0.795 bits per heavy atom. The van der Waals surface area contributed by atoms with Gasteiger partial charge in [0.25, 0.3) is 10.0 Å². The zero-order valence-electron chi connectivity index (χ0n) is 22.3. The second kappa shape index (κ2) is 12.3. The van der Waals surface area contributed by atoms with Gasteiger partial charge in [0.15, 0.2) is 0 Å². The SMILES string of the molecule is N=C(N)c1ccc2cc(Oc3ccc(NS(=O)(=O)c4ccc5ccccc5c4)cc3C(=O)O)ccc2c1.O=C(O)C(F)(F)F. The van der Waals surface area contributed by atoms with Crippen LogP contribution < -0.4 is 15.2 Å². The van der Waals surface area contributed by atoms with Crippen molar-refractivity contribution in [2.24, 2.45) is 5.73 Å².